The van der Waals surface area contributed by atoms with Crippen LogP contribution in [0.5, 0.6) is 0 Å². The predicted molar refractivity (Wildman–Crippen MR) is 71.0 cm³/mol. The molecule has 0 aliphatic rings. The molecule has 0 radical (unpaired) electrons. The van der Waals surface area contributed by atoms with Crippen molar-refractivity contribution in [3.8, 4) is 11.8 Å². The van der Waals surface area contributed by atoms with Gasteiger partial charge in [0, 0.05) is 4.88 Å². The fraction of sp³-hybridized carbons (Fsp3) is 0.500. The van der Waals surface area contributed by atoms with E-state index in [1.54, 1.807) is 13.0 Å². The number of nitrogens with zero attached hydrogens (tertiary/aromatic N) is 1. The van der Waals surface area contributed by atoms with Gasteiger partial charge in [-0.05, 0) is 19.9 Å². The third-order valence-corrected chi connectivity index (χ3v) is 2.26. The molecule has 90 valence electrons. The second kappa shape index (κ2) is 10.2. The van der Waals surface area contributed by atoms with Crippen LogP contribution >= 0.6 is 11.3 Å². The number of rotatable bonds is 1. The Hall–Kier alpha value is -1.34. The number of thiophene rings is 1. The summed E-state index contributed by atoms with van der Waals surface area (Å²) in [7, 11) is 0. The van der Waals surface area contributed by atoms with Gasteiger partial charge in [0.05, 0.1) is 4.92 Å². The first kappa shape index (κ1) is 17.1. The summed E-state index contributed by atoms with van der Waals surface area (Å²) in [6, 6.07) is 1.74. The molecule has 0 amide bonds. The van der Waals surface area contributed by atoms with Crippen LogP contribution in [-0.4, -0.2) is 4.92 Å². The van der Waals surface area contributed by atoms with Crippen LogP contribution in [0.2, 0.25) is 0 Å². The molecule has 0 spiro atoms. The summed E-state index contributed by atoms with van der Waals surface area (Å²) in [5.74, 6) is 5.34. The quantitative estimate of drug-likeness (QED) is 0.416. The van der Waals surface area contributed by atoms with Crippen molar-refractivity contribution in [3.05, 3.63) is 26.6 Å². The summed E-state index contributed by atoms with van der Waals surface area (Å²) >= 11 is 1.16. The maximum absolute atomic E-state index is 10.5. The minimum atomic E-state index is -0.392. The van der Waals surface area contributed by atoms with Gasteiger partial charge < -0.3 is 0 Å². The molecule has 16 heavy (non-hydrogen) atoms. The van der Waals surface area contributed by atoms with E-state index in [2.05, 4.69) is 11.8 Å². The Morgan fingerprint density at radius 1 is 1.31 bits per heavy atom. The van der Waals surface area contributed by atoms with Crippen molar-refractivity contribution < 1.29 is 4.92 Å². The van der Waals surface area contributed by atoms with Gasteiger partial charge >= 0.3 is 5.00 Å². The van der Waals surface area contributed by atoms with Crippen LogP contribution in [0.3, 0.4) is 0 Å². The Morgan fingerprint density at radius 2 is 1.81 bits per heavy atom. The zero-order chi connectivity index (χ0) is 13.1. The smallest absolute Gasteiger partial charge is 0.258 e. The number of hydrogen-bond donors (Lipinski definition) is 0. The van der Waals surface area contributed by atoms with Crippen LogP contribution < -0.4 is 0 Å². The van der Waals surface area contributed by atoms with E-state index in [9.17, 15) is 10.1 Å². The van der Waals surface area contributed by atoms with Gasteiger partial charge in [-0.15, -0.1) is 5.92 Å². The fourth-order valence-corrected chi connectivity index (χ4v) is 1.64. The summed E-state index contributed by atoms with van der Waals surface area (Å²) in [4.78, 5) is 11.0. The first-order valence-electron chi connectivity index (χ1n) is 5.32. The van der Waals surface area contributed by atoms with E-state index in [-0.39, 0.29) is 5.00 Å². The third kappa shape index (κ3) is 5.52. The van der Waals surface area contributed by atoms with Crippen molar-refractivity contribution in [3.63, 3.8) is 0 Å². The molecule has 0 fully saturated rings. The van der Waals surface area contributed by atoms with Gasteiger partial charge in [0.15, 0.2) is 0 Å². The average Bonchev–Trinajstić information content (AvgIpc) is 2.66. The molecule has 4 heteroatoms. The Bertz CT molecular complexity index is 372. The average molecular weight is 241 g/mol. The van der Waals surface area contributed by atoms with E-state index < -0.39 is 4.92 Å². The van der Waals surface area contributed by atoms with Crippen LogP contribution in [0.1, 0.15) is 45.1 Å². The second-order valence-electron chi connectivity index (χ2n) is 2.21. The molecule has 0 aliphatic carbocycles. The minimum Gasteiger partial charge on any atom is -0.258 e. The number of hydrogen-bond acceptors (Lipinski definition) is 3. The summed E-state index contributed by atoms with van der Waals surface area (Å²) in [5.41, 5.74) is 0.519. The molecule has 1 aromatic heterocycles. The Morgan fingerprint density at radius 3 is 2.19 bits per heavy atom. The highest BCUT2D eigenvalue weighted by molar-refractivity contribution is 7.15. The molecule has 1 aromatic rings. The molecule has 0 aliphatic heterocycles. The topological polar surface area (TPSA) is 43.1 Å². The summed E-state index contributed by atoms with van der Waals surface area (Å²) in [6.07, 6.45) is 0. The highest BCUT2D eigenvalue weighted by Crippen LogP contribution is 2.28. The Labute approximate surface area is 102 Å². The third-order valence-electron chi connectivity index (χ3n) is 1.26. The second-order valence-corrected chi connectivity index (χ2v) is 3.44. The van der Waals surface area contributed by atoms with E-state index in [0.717, 1.165) is 16.2 Å². The standard InChI is InChI=1S/C8H7NO2S.2C2H6/c1-3-4-7-5-6(2)12-8(7)9(10)11;2*1-2/h5H,1-2H3;2*1-2H3. The molecule has 0 bridgehead atoms. The summed E-state index contributed by atoms with van der Waals surface area (Å²) < 4.78 is 0. The molecule has 0 saturated carbocycles. The van der Waals surface area contributed by atoms with Crippen LogP contribution in [0, 0.1) is 28.9 Å². The molecule has 0 aromatic carbocycles. The van der Waals surface area contributed by atoms with E-state index in [1.807, 2.05) is 34.6 Å². The lowest BCUT2D eigenvalue weighted by molar-refractivity contribution is -0.380. The molecule has 1 heterocycles. The van der Waals surface area contributed by atoms with E-state index in [1.165, 1.54) is 0 Å². The van der Waals surface area contributed by atoms with E-state index in [4.69, 9.17) is 0 Å². The fourth-order valence-electron chi connectivity index (χ4n) is 0.862. The number of aryl methyl sites for hydroxylation is 1. The maximum Gasteiger partial charge on any atom is 0.339 e. The van der Waals surface area contributed by atoms with Gasteiger partial charge in [-0.3, -0.25) is 10.1 Å². The lowest BCUT2D eigenvalue weighted by Gasteiger charge is -1.83. The zero-order valence-corrected chi connectivity index (χ0v) is 11.6. The van der Waals surface area contributed by atoms with Crippen LogP contribution in [-0.2, 0) is 0 Å². The SMILES string of the molecule is CC.CC.CC#Cc1cc(C)sc1[N+](=O)[O-]. The lowest BCUT2D eigenvalue weighted by atomic mass is 10.3. The van der Waals surface area contributed by atoms with Crippen LogP contribution in [0.4, 0.5) is 5.00 Å². The van der Waals surface area contributed by atoms with Gasteiger partial charge in [0.25, 0.3) is 0 Å². The highest BCUT2D eigenvalue weighted by atomic mass is 32.1. The molecular weight excluding hydrogens is 222 g/mol. The lowest BCUT2D eigenvalue weighted by Crippen LogP contribution is -1.85. The normalized spacial score (nSPS) is 7.38. The van der Waals surface area contributed by atoms with Crippen LogP contribution in [0.15, 0.2) is 6.07 Å². The molecule has 0 N–H and O–H groups in total. The van der Waals surface area contributed by atoms with E-state index in [0.29, 0.717) is 5.56 Å². The predicted octanol–water partition coefficient (Wildman–Crippen LogP) is 4.39. The van der Waals surface area contributed by atoms with Gasteiger partial charge in [-0.1, -0.05) is 45.0 Å². The van der Waals surface area contributed by atoms with Crippen molar-refractivity contribution in [2.45, 2.75) is 41.5 Å². The van der Waals surface area contributed by atoms with Gasteiger partial charge in [-0.2, -0.15) is 0 Å². The first-order valence-corrected chi connectivity index (χ1v) is 6.14. The summed E-state index contributed by atoms with van der Waals surface area (Å²) in [6.45, 7) is 11.5. The van der Waals surface area contributed by atoms with Gasteiger partial charge in [0.2, 0.25) is 0 Å². The molecular formula is C12H19NO2S. The molecule has 1 rings (SSSR count). The molecule has 0 unspecified atom stereocenters. The van der Waals surface area contributed by atoms with Gasteiger partial charge in [-0.25, -0.2) is 0 Å². The van der Waals surface area contributed by atoms with Crippen molar-refractivity contribution in [1.29, 1.82) is 0 Å². The van der Waals surface area contributed by atoms with Crippen molar-refractivity contribution >= 4 is 16.3 Å². The zero-order valence-electron chi connectivity index (χ0n) is 10.7. The Balaban J connectivity index is 0. The molecule has 3 nitrogen and oxygen atoms in total. The van der Waals surface area contributed by atoms with Crippen LogP contribution in [0.25, 0.3) is 0 Å². The van der Waals surface area contributed by atoms with Crippen molar-refractivity contribution in [2.75, 3.05) is 0 Å². The minimum absolute atomic E-state index is 0.141. The maximum atomic E-state index is 10.5. The Kier molecular flexibility index (Phi) is 10.9. The number of nitro groups is 1. The largest absolute Gasteiger partial charge is 0.339 e. The van der Waals surface area contributed by atoms with Crippen molar-refractivity contribution in [2.24, 2.45) is 0 Å². The van der Waals surface area contributed by atoms with Gasteiger partial charge in [0.1, 0.15) is 5.56 Å². The highest BCUT2D eigenvalue weighted by Gasteiger charge is 2.15. The monoisotopic (exact) mass is 241 g/mol. The van der Waals surface area contributed by atoms with Crippen molar-refractivity contribution in [1.82, 2.24) is 0 Å². The molecule has 0 atom stereocenters. The summed E-state index contributed by atoms with van der Waals surface area (Å²) in [5, 5.41) is 10.6. The van der Waals surface area contributed by atoms with E-state index >= 15 is 0 Å². The first-order chi connectivity index (χ1) is 7.65. The molecule has 0 saturated heterocycles.